The summed E-state index contributed by atoms with van der Waals surface area (Å²) in [6.45, 7) is 2.41. The molecule has 6 nitrogen and oxygen atoms in total. The molecule has 7 heteroatoms. The Morgan fingerprint density at radius 2 is 2.04 bits per heavy atom. The van der Waals surface area contributed by atoms with Crippen molar-refractivity contribution in [2.45, 2.75) is 6.92 Å². The van der Waals surface area contributed by atoms with Crippen LogP contribution in [0.25, 0.3) is 11.4 Å². The molecule has 116 valence electrons. The number of amides is 1. The van der Waals surface area contributed by atoms with Gasteiger partial charge in [0, 0.05) is 29.4 Å². The molecule has 1 aromatic carbocycles. The molecule has 0 bridgehead atoms. The van der Waals surface area contributed by atoms with Gasteiger partial charge in [0.1, 0.15) is 0 Å². The third-order valence-corrected chi connectivity index (χ3v) is 3.60. The predicted octanol–water partition coefficient (Wildman–Crippen LogP) is 3.25. The largest absolute Gasteiger partial charge is 0.478 e. The van der Waals surface area contributed by atoms with Crippen molar-refractivity contribution in [2.75, 3.05) is 11.9 Å². The molecule has 2 aromatic heterocycles. The van der Waals surface area contributed by atoms with Crippen molar-refractivity contribution in [2.24, 2.45) is 0 Å². The smallest absolute Gasteiger partial charge is 0.259 e. The fourth-order valence-electron chi connectivity index (χ4n) is 1.90. The van der Waals surface area contributed by atoms with E-state index in [9.17, 15) is 4.79 Å². The van der Waals surface area contributed by atoms with Gasteiger partial charge in [-0.25, -0.2) is 4.98 Å². The molecule has 0 saturated heterocycles. The van der Waals surface area contributed by atoms with Crippen molar-refractivity contribution in [3.8, 4) is 17.3 Å². The molecule has 0 saturated carbocycles. The van der Waals surface area contributed by atoms with Crippen molar-refractivity contribution in [3.63, 3.8) is 0 Å². The number of carbonyl (C=O) groups excluding carboxylic acids is 1. The van der Waals surface area contributed by atoms with E-state index in [1.807, 2.05) is 37.3 Å². The van der Waals surface area contributed by atoms with Gasteiger partial charge in [-0.15, -0.1) is 0 Å². The summed E-state index contributed by atoms with van der Waals surface area (Å²) >= 11 is 1.14. The Morgan fingerprint density at radius 1 is 1.22 bits per heavy atom. The second-order valence-electron chi connectivity index (χ2n) is 4.56. The normalized spacial score (nSPS) is 10.3. The molecular weight excluding hydrogens is 312 g/mol. The average Bonchev–Trinajstić information content (AvgIpc) is 3.05. The maximum atomic E-state index is 12.2. The summed E-state index contributed by atoms with van der Waals surface area (Å²) in [5.41, 5.74) is 1.34. The van der Waals surface area contributed by atoms with Crippen LogP contribution in [-0.2, 0) is 0 Å². The van der Waals surface area contributed by atoms with Gasteiger partial charge in [-0.2, -0.15) is 9.36 Å². The fraction of sp³-hybridized carbons (Fsp3) is 0.125. The van der Waals surface area contributed by atoms with Gasteiger partial charge in [0.25, 0.3) is 5.91 Å². The van der Waals surface area contributed by atoms with Gasteiger partial charge >= 0.3 is 0 Å². The zero-order valence-electron chi connectivity index (χ0n) is 12.4. The number of nitrogens with zero attached hydrogens (tertiary/aromatic N) is 3. The summed E-state index contributed by atoms with van der Waals surface area (Å²) in [4.78, 5) is 20.6. The third kappa shape index (κ3) is 3.70. The molecule has 0 spiro atoms. The first kappa shape index (κ1) is 15.1. The Bertz CT molecular complexity index is 787. The Balaban J connectivity index is 1.69. The van der Waals surface area contributed by atoms with Crippen molar-refractivity contribution in [1.82, 2.24) is 14.3 Å². The minimum Gasteiger partial charge on any atom is -0.478 e. The standard InChI is InChI=1S/C16H14N4O2S/c1-2-22-13-9-8-12(10-17-13)15(21)19-16-18-14(20-23-16)11-6-4-3-5-7-11/h3-10H,2H2,1H3,(H,18,19,20,21). The lowest BCUT2D eigenvalue weighted by atomic mass is 10.2. The fourth-order valence-corrected chi connectivity index (χ4v) is 2.48. The monoisotopic (exact) mass is 326 g/mol. The molecule has 3 rings (SSSR count). The van der Waals surface area contributed by atoms with E-state index in [-0.39, 0.29) is 5.91 Å². The van der Waals surface area contributed by atoms with Crippen LogP contribution in [0.4, 0.5) is 5.13 Å². The highest BCUT2D eigenvalue weighted by Crippen LogP contribution is 2.21. The van der Waals surface area contributed by atoms with E-state index in [0.717, 1.165) is 17.1 Å². The molecule has 0 aliphatic carbocycles. The van der Waals surface area contributed by atoms with Crippen LogP contribution < -0.4 is 10.1 Å². The number of aromatic nitrogens is 3. The van der Waals surface area contributed by atoms with E-state index >= 15 is 0 Å². The van der Waals surface area contributed by atoms with Crippen LogP contribution in [0, 0.1) is 0 Å². The Morgan fingerprint density at radius 3 is 2.74 bits per heavy atom. The Labute approximate surface area is 137 Å². The van der Waals surface area contributed by atoms with Crippen LogP contribution in [0.5, 0.6) is 5.88 Å². The zero-order valence-corrected chi connectivity index (χ0v) is 13.2. The number of rotatable bonds is 5. The van der Waals surface area contributed by atoms with Crippen LogP contribution in [0.3, 0.4) is 0 Å². The predicted molar refractivity (Wildman–Crippen MR) is 88.7 cm³/mol. The molecule has 0 aliphatic heterocycles. The van der Waals surface area contributed by atoms with E-state index in [2.05, 4.69) is 19.7 Å². The van der Waals surface area contributed by atoms with Gasteiger partial charge in [-0.3, -0.25) is 10.1 Å². The summed E-state index contributed by atoms with van der Waals surface area (Å²) in [5.74, 6) is 0.804. The SMILES string of the molecule is CCOc1ccc(C(=O)Nc2nc(-c3ccccc3)ns2)cn1. The Kier molecular flexibility index (Phi) is 4.58. The molecule has 1 N–H and O–H groups in total. The molecule has 0 unspecified atom stereocenters. The van der Waals surface area contributed by atoms with Crippen LogP contribution in [0.2, 0.25) is 0 Å². The average molecular weight is 326 g/mol. The van der Waals surface area contributed by atoms with Gasteiger partial charge in [-0.1, -0.05) is 30.3 Å². The molecule has 2 heterocycles. The van der Waals surface area contributed by atoms with Gasteiger partial charge in [0.2, 0.25) is 11.0 Å². The molecular formula is C16H14N4O2S. The number of hydrogen-bond donors (Lipinski definition) is 1. The number of pyridine rings is 1. The van der Waals surface area contributed by atoms with Crippen molar-refractivity contribution in [1.29, 1.82) is 0 Å². The number of ether oxygens (including phenoxy) is 1. The number of carbonyl (C=O) groups is 1. The van der Waals surface area contributed by atoms with Crippen LogP contribution in [0.15, 0.2) is 48.7 Å². The quantitative estimate of drug-likeness (QED) is 0.779. The molecule has 0 fully saturated rings. The summed E-state index contributed by atoms with van der Waals surface area (Å²) in [6, 6.07) is 12.9. The van der Waals surface area contributed by atoms with Gasteiger partial charge < -0.3 is 4.74 Å². The maximum Gasteiger partial charge on any atom is 0.259 e. The molecule has 1 amide bonds. The lowest BCUT2D eigenvalue weighted by molar-refractivity contribution is 0.102. The first-order valence-electron chi connectivity index (χ1n) is 7.05. The summed E-state index contributed by atoms with van der Waals surface area (Å²) in [7, 11) is 0. The minimum absolute atomic E-state index is 0.281. The Hall–Kier alpha value is -2.80. The second-order valence-corrected chi connectivity index (χ2v) is 5.31. The molecule has 0 radical (unpaired) electrons. The lowest BCUT2D eigenvalue weighted by Gasteiger charge is -2.03. The van der Waals surface area contributed by atoms with E-state index in [1.165, 1.54) is 6.20 Å². The van der Waals surface area contributed by atoms with Crippen molar-refractivity contribution in [3.05, 3.63) is 54.2 Å². The maximum absolute atomic E-state index is 12.2. The lowest BCUT2D eigenvalue weighted by Crippen LogP contribution is -2.12. The van der Waals surface area contributed by atoms with Crippen LogP contribution in [-0.4, -0.2) is 26.9 Å². The van der Waals surface area contributed by atoms with Crippen molar-refractivity contribution < 1.29 is 9.53 Å². The molecule has 0 aliphatic rings. The molecule has 0 atom stereocenters. The summed E-state index contributed by atoms with van der Waals surface area (Å²) in [6.07, 6.45) is 1.47. The van der Waals surface area contributed by atoms with E-state index < -0.39 is 0 Å². The second kappa shape index (κ2) is 6.97. The van der Waals surface area contributed by atoms with E-state index in [1.54, 1.807) is 12.1 Å². The topological polar surface area (TPSA) is 77.0 Å². The third-order valence-electron chi connectivity index (χ3n) is 2.97. The van der Waals surface area contributed by atoms with Crippen LogP contribution in [0.1, 0.15) is 17.3 Å². The zero-order chi connectivity index (χ0) is 16.1. The highest BCUT2D eigenvalue weighted by atomic mass is 32.1. The van der Waals surface area contributed by atoms with Crippen LogP contribution >= 0.6 is 11.5 Å². The van der Waals surface area contributed by atoms with Gasteiger partial charge in [-0.05, 0) is 13.0 Å². The van der Waals surface area contributed by atoms with Gasteiger partial charge in [0.05, 0.1) is 12.2 Å². The first-order valence-corrected chi connectivity index (χ1v) is 7.83. The number of benzene rings is 1. The number of hydrogen-bond acceptors (Lipinski definition) is 6. The summed E-state index contributed by atoms with van der Waals surface area (Å²) in [5, 5.41) is 3.17. The summed E-state index contributed by atoms with van der Waals surface area (Å²) < 4.78 is 9.50. The molecule has 23 heavy (non-hydrogen) atoms. The van der Waals surface area contributed by atoms with E-state index in [0.29, 0.717) is 29.0 Å². The van der Waals surface area contributed by atoms with Crippen molar-refractivity contribution >= 4 is 22.6 Å². The highest BCUT2D eigenvalue weighted by Gasteiger charge is 2.11. The first-order chi connectivity index (χ1) is 11.3. The number of anilines is 1. The molecule has 3 aromatic rings. The minimum atomic E-state index is -0.281. The number of nitrogens with one attached hydrogen (secondary N) is 1. The van der Waals surface area contributed by atoms with Gasteiger partial charge in [0.15, 0.2) is 5.82 Å². The van der Waals surface area contributed by atoms with E-state index in [4.69, 9.17) is 4.74 Å². The highest BCUT2D eigenvalue weighted by molar-refractivity contribution is 7.10.